The molecule has 11 nitrogen and oxygen atoms in total. The molecule has 3 heterocycles. The first-order valence-electron chi connectivity index (χ1n) is 11.1. The lowest BCUT2D eigenvalue weighted by molar-refractivity contribution is 0.0938. The van der Waals surface area contributed by atoms with Gasteiger partial charge in [-0.3, -0.25) is 18.9 Å². The largest absolute Gasteiger partial charge is 0.491 e. The zero-order chi connectivity index (χ0) is 24.9. The summed E-state index contributed by atoms with van der Waals surface area (Å²) in [5, 5.41) is 15.0. The van der Waals surface area contributed by atoms with Crippen LogP contribution in [0, 0.1) is 0 Å². The molecule has 0 aliphatic heterocycles. The molecular formula is C24H27N7O4. The van der Waals surface area contributed by atoms with Crippen LogP contribution in [0.1, 0.15) is 18.1 Å². The minimum atomic E-state index is -0.968. The molecule has 1 aromatic carbocycles. The van der Waals surface area contributed by atoms with Crippen molar-refractivity contribution in [1.82, 2.24) is 23.7 Å². The van der Waals surface area contributed by atoms with E-state index in [9.17, 15) is 14.7 Å². The Morgan fingerprint density at radius 1 is 1.17 bits per heavy atom. The van der Waals surface area contributed by atoms with Gasteiger partial charge in [0.05, 0.1) is 12.8 Å². The summed E-state index contributed by atoms with van der Waals surface area (Å²) in [6, 6.07) is 11.2. The topological polar surface area (TPSA) is 129 Å². The van der Waals surface area contributed by atoms with Gasteiger partial charge >= 0.3 is 5.69 Å². The van der Waals surface area contributed by atoms with Gasteiger partial charge in [0.2, 0.25) is 5.95 Å². The van der Waals surface area contributed by atoms with Gasteiger partial charge in [-0.05, 0) is 41.8 Å². The molecule has 35 heavy (non-hydrogen) atoms. The van der Waals surface area contributed by atoms with Gasteiger partial charge in [0, 0.05) is 26.5 Å². The Morgan fingerprint density at radius 2 is 1.94 bits per heavy atom. The van der Waals surface area contributed by atoms with Gasteiger partial charge in [-0.25, -0.2) is 10.2 Å². The Bertz CT molecular complexity index is 1470. The Kier molecular flexibility index (Phi) is 7.06. The third-order valence-electron chi connectivity index (χ3n) is 5.57. The number of hydrogen-bond acceptors (Lipinski definition) is 8. The van der Waals surface area contributed by atoms with Gasteiger partial charge in [0.15, 0.2) is 11.2 Å². The van der Waals surface area contributed by atoms with E-state index in [1.165, 1.54) is 23.2 Å². The highest BCUT2D eigenvalue weighted by atomic mass is 16.5. The Morgan fingerprint density at radius 3 is 2.69 bits per heavy atom. The van der Waals surface area contributed by atoms with Gasteiger partial charge in [0.25, 0.3) is 5.56 Å². The molecule has 11 heteroatoms. The average molecular weight is 478 g/mol. The van der Waals surface area contributed by atoms with Crippen molar-refractivity contribution in [2.45, 2.75) is 26.0 Å². The van der Waals surface area contributed by atoms with E-state index in [-0.39, 0.29) is 30.3 Å². The van der Waals surface area contributed by atoms with Crippen LogP contribution in [0.15, 0.2) is 63.5 Å². The number of aromatic nitrogens is 5. The minimum absolute atomic E-state index is 0.00135. The van der Waals surface area contributed by atoms with Gasteiger partial charge in [-0.15, -0.1) is 0 Å². The van der Waals surface area contributed by atoms with Crippen LogP contribution in [0.2, 0.25) is 0 Å². The monoisotopic (exact) mass is 477 g/mol. The number of rotatable bonds is 9. The summed E-state index contributed by atoms with van der Waals surface area (Å²) in [5.74, 6) is 0.855. The first-order chi connectivity index (χ1) is 16.9. The van der Waals surface area contributed by atoms with Crippen LogP contribution >= 0.6 is 0 Å². The lowest BCUT2D eigenvalue weighted by Crippen LogP contribution is -2.38. The Hall–Kier alpha value is -4.25. The highest BCUT2D eigenvalue weighted by molar-refractivity contribution is 5.80. The first-order valence-corrected chi connectivity index (χ1v) is 11.1. The van der Waals surface area contributed by atoms with E-state index in [0.717, 1.165) is 22.1 Å². The fourth-order valence-electron chi connectivity index (χ4n) is 3.63. The molecule has 0 spiro atoms. The summed E-state index contributed by atoms with van der Waals surface area (Å²) >= 11 is 0. The highest BCUT2D eigenvalue weighted by Crippen LogP contribution is 2.18. The molecular weight excluding hydrogens is 450 g/mol. The van der Waals surface area contributed by atoms with Crippen LogP contribution in [0.25, 0.3) is 11.2 Å². The van der Waals surface area contributed by atoms with Crippen molar-refractivity contribution in [1.29, 1.82) is 0 Å². The van der Waals surface area contributed by atoms with Gasteiger partial charge in [-0.2, -0.15) is 10.1 Å². The molecule has 0 unspecified atom stereocenters. The summed E-state index contributed by atoms with van der Waals surface area (Å²) < 4.78 is 9.57. The molecule has 0 saturated carbocycles. The molecule has 0 aliphatic rings. The van der Waals surface area contributed by atoms with Crippen molar-refractivity contribution in [2.24, 2.45) is 19.2 Å². The number of aliphatic hydroxyl groups excluding tert-OH is 1. The average Bonchev–Trinajstić information content (AvgIpc) is 3.23. The number of hydrogen-bond donors (Lipinski definition) is 2. The van der Waals surface area contributed by atoms with E-state index >= 15 is 0 Å². The second-order valence-corrected chi connectivity index (χ2v) is 8.04. The molecule has 1 atom stereocenters. The zero-order valence-electron chi connectivity index (χ0n) is 19.8. The molecule has 0 fully saturated rings. The van der Waals surface area contributed by atoms with Crippen LogP contribution in [0.3, 0.4) is 0 Å². The van der Waals surface area contributed by atoms with Crippen molar-refractivity contribution in [3.8, 4) is 5.75 Å². The predicted octanol–water partition coefficient (Wildman–Crippen LogP) is 1.28. The molecule has 4 aromatic rings. The molecule has 0 bridgehead atoms. The predicted molar refractivity (Wildman–Crippen MR) is 133 cm³/mol. The molecule has 0 aliphatic carbocycles. The van der Waals surface area contributed by atoms with E-state index in [4.69, 9.17) is 4.74 Å². The van der Waals surface area contributed by atoms with Crippen LogP contribution in [-0.2, 0) is 27.1 Å². The van der Waals surface area contributed by atoms with Crippen LogP contribution in [0.5, 0.6) is 5.75 Å². The fourth-order valence-corrected chi connectivity index (χ4v) is 3.63. The molecule has 2 N–H and O–H groups in total. The number of fused-ring (bicyclic) bond motifs is 1. The number of hydrazone groups is 1. The highest BCUT2D eigenvalue weighted by Gasteiger charge is 2.21. The maximum atomic E-state index is 13.0. The summed E-state index contributed by atoms with van der Waals surface area (Å²) in [7, 11) is 2.93. The molecule has 0 saturated heterocycles. The number of nitrogens with zero attached hydrogens (tertiary/aromatic N) is 6. The smallest absolute Gasteiger partial charge is 0.332 e. The van der Waals surface area contributed by atoms with Crippen molar-refractivity contribution < 1.29 is 9.84 Å². The summed E-state index contributed by atoms with van der Waals surface area (Å²) in [6.45, 7) is 2.04. The maximum Gasteiger partial charge on any atom is 0.332 e. The number of benzene rings is 1. The second kappa shape index (κ2) is 10.3. The van der Waals surface area contributed by atoms with Crippen molar-refractivity contribution in [3.63, 3.8) is 0 Å². The van der Waals surface area contributed by atoms with E-state index in [0.29, 0.717) is 5.75 Å². The lowest BCUT2D eigenvalue weighted by Gasteiger charge is -2.15. The van der Waals surface area contributed by atoms with Gasteiger partial charge in [0.1, 0.15) is 18.5 Å². The Labute approximate surface area is 201 Å². The third kappa shape index (κ3) is 5.14. The van der Waals surface area contributed by atoms with E-state index in [1.54, 1.807) is 30.7 Å². The number of nitrogens with one attached hydrogen (secondary N) is 1. The number of aryl methyl sites for hydroxylation is 2. The molecule has 0 radical (unpaired) electrons. The summed E-state index contributed by atoms with van der Waals surface area (Å²) in [4.78, 5) is 33.8. The quantitative estimate of drug-likeness (QED) is 0.274. The number of imidazole rings is 1. The van der Waals surface area contributed by atoms with Gasteiger partial charge < -0.3 is 14.4 Å². The van der Waals surface area contributed by atoms with Crippen molar-refractivity contribution in [2.75, 3.05) is 12.0 Å². The maximum absolute atomic E-state index is 13.0. The number of anilines is 1. The van der Waals surface area contributed by atoms with Crippen LogP contribution in [0.4, 0.5) is 5.95 Å². The normalized spacial score (nSPS) is 12.3. The van der Waals surface area contributed by atoms with Crippen LogP contribution < -0.4 is 21.4 Å². The Balaban J connectivity index is 1.64. The fraction of sp³-hybridized carbons (Fsp3) is 0.292. The molecule has 0 amide bonds. The molecule has 182 valence electrons. The number of ether oxygens (including phenoxy) is 1. The first kappa shape index (κ1) is 23.9. The molecule has 3 aromatic heterocycles. The van der Waals surface area contributed by atoms with E-state index in [2.05, 4.69) is 27.4 Å². The number of pyridine rings is 1. The van der Waals surface area contributed by atoms with E-state index < -0.39 is 17.4 Å². The lowest BCUT2D eigenvalue weighted by atomic mass is 10.2. The van der Waals surface area contributed by atoms with Gasteiger partial charge in [-0.1, -0.05) is 19.1 Å². The second-order valence-electron chi connectivity index (χ2n) is 8.04. The number of aliphatic hydroxyl groups is 1. The minimum Gasteiger partial charge on any atom is -0.491 e. The zero-order valence-corrected chi connectivity index (χ0v) is 19.8. The van der Waals surface area contributed by atoms with Crippen molar-refractivity contribution in [3.05, 3.63) is 80.8 Å². The standard InChI is InChI=1S/C24H27N7O4/c1-4-16-6-5-7-19(12-16)35-15-18(32)14-31-20-21(29(2)24(34)30(3)22(20)33)27-23(31)28-26-13-17-8-10-25-11-9-17/h5-13,18,32H,4,14-15H2,1-3H3,(H,27,28)/b26-13-/t18-/m0/s1. The van der Waals surface area contributed by atoms with E-state index in [1.807, 2.05) is 24.3 Å². The van der Waals surface area contributed by atoms with Crippen LogP contribution in [-0.4, -0.2) is 47.7 Å². The van der Waals surface area contributed by atoms with Crippen molar-refractivity contribution >= 4 is 23.3 Å². The summed E-state index contributed by atoms with van der Waals surface area (Å²) in [6.07, 6.45) is 4.76. The third-order valence-corrected chi connectivity index (χ3v) is 5.57. The summed E-state index contributed by atoms with van der Waals surface area (Å²) in [5.41, 5.74) is 4.09. The molecule has 4 rings (SSSR count). The SMILES string of the molecule is CCc1cccc(OC[C@@H](O)Cn2c(N/N=C\c3ccncc3)nc3c2c(=O)n(C)c(=O)n3C)c1.